The van der Waals surface area contributed by atoms with E-state index < -0.39 is 6.04 Å². The Hall–Kier alpha value is -2.48. The van der Waals surface area contributed by atoms with E-state index in [0.717, 1.165) is 29.2 Å². The maximum Gasteiger partial charge on any atom is 0.228 e. The molecule has 150 valence electrons. The molecule has 1 aliphatic carbocycles. The van der Waals surface area contributed by atoms with E-state index in [1.54, 1.807) is 7.11 Å². The Morgan fingerprint density at radius 3 is 2.54 bits per heavy atom. The van der Waals surface area contributed by atoms with E-state index in [0.29, 0.717) is 11.0 Å². The first-order chi connectivity index (χ1) is 13.5. The molecule has 0 unspecified atom stereocenters. The summed E-state index contributed by atoms with van der Waals surface area (Å²) < 4.78 is 5.16. The Labute approximate surface area is 168 Å². The minimum atomic E-state index is -0.422. The van der Waals surface area contributed by atoms with Gasteiger partial charge in [-0.05, 0) is 30.5 Å². The summed E-state index contributed by atoms with van der Waals surface area (Å²) in [6.45, 7) is 1.44. The van der Waals surface area contributed by atoms with E-state index in [2.05, 4.69) is 20.8 Å². The fraction of sp³-hybridized carbons (Fsp3) is 0.500. The number of methoxy groups -OCH3 is 1. The summed E-state index contributed by atoms with van der Waals surface area (Å²) in [7, 11) is 1.59. The Morgan fingerprint density at radius 2 is 1.89 bits per heavy atom. The van der Waals surface area contributed by atoms with E-state index in [4.69, 9.17) is 4.74 Å². The third-order valence-corrected chi connectivity index (χ3v) is 5.93. The molecule has 0 aliphatic heterocycles. The number of rotatable bonds is 7. The molecular formula is C20H26N4O3S. The zero-order valence-corrected chi connectivity index (χ0v) is 17.1. The molecule has 2 N–H and O–H groups in total. The number of nitrogens with one attached hydrogen (secondary N) is 2. The van der Waals surface area contributed by atoms with Gasteiger partial charge in [0, 0.05) is 12.8 Å². The van der Waals surface area contributed by atoms with Gasteiger partial charge >= 0.3 is 0 Å². The van der Waals surface area contributed by atoms with E-state index >= 15 is 0 Å². The molecule has 1 aromatic heterocycles. The molecule has 0 spiro atoms. The number of benzene rings is 1. The topological polar surface area (TPSA) is 93.2 Å². The lowest BCUT2D eigenvalue weighted by molar-refractivity contribution is -0.120. The fourth-order valence-corrected chi connectivity index (χ4v) is 4.42. The Kier molecular flexibility index (Phi) is 6.97. The first-order valence-electron chi connectivity index (χ1n) is 9.59. The molecule has 28 heavy (non-hydrogen) atoms. The average Bonchev–Trinajstić information content (AvgIpc) is 3.16. The largest absolute Gasteiger partial charge is 0.497 e. The number of carbonyl (C=O) groups is 2. The van der Waals surface area contributed by atoms with Crippen LogP contribution in [0.5, 0.6) is 5.75 Å². The number of aromatic nitrogens is 2. The monoisotopic (exact) mass is 402 g/mol. The highest BCUT2D eigenvalue weighted by Crippen LogP contribution is 2.35. The minimum absolute atomic E-state index is 0.115. The summed E-state index contributed by atoms with van der Waals surface area (Å²) >= 11 is 1.45. The molecule has 3 rings (SSSR count). The maximum absolute atomic E-state index is 12.5. The predicted molar refractivity (Wildman–Crippen MR) is 109 cm³/mol. The second-order valence-corrected chi connectivity index (χ2v) is 8.07. The van der Waals surface area contributed by atoms with Crippen molar-refractivity contribution in [3.63, 3.8) is 0 Å². The van der Waals surface area contributed by atoms with Gasteiger partial charge < -0.3 is 15.4 Å². The van der Waals surface area contributed by atoms with Crippen LogP contribution in [0.4, 0.5) is 5.13 Å². The van der Waals surface area contributed by atoms with Crippen molar-refractivity contribution in [3.8, 4) is 5.75 Å². The highest BCUT2D eigenvalue weighted by Gasteiger charge is 2.22. The van der Waals surface area contributed by atoms with Crippen molar-refractivity contribution in [2.24, 2.45) is 0 Å². The molecule has 8 heteroatoms. The van der Waals surface area contributed by atoms with Crippen LogP contribution >= 0.6 is 11.3 Å². The van der Waals surface area contributed by atoms with E-state index in [9.17, 15) is 9.59 Å². The number of hydrogen-bond acceptors (Lipinski definition) is 6. The van der Waals surface area contributed by atoms with Crippen molar-refractivity contribution >= 4 is 28.3 Å². The van der Waals surface area contributed by atoms with Gasteiger partial charge in [0.1, 0.15) is 10.8 Å². The molecule has 2 amide bonds. The lowest BCUT2D eigenvalue weighted by atomic mass is 9.90. The van der Waals surface area contributed by atoms with Gasteiger partial charge in [-0.2, -0.15) is 0 Å². The third kappa shape index (κ3) is 5.51. The summed E-state index contributed by atoms with van der Waals surface area (Å²) in [6.07, 6.45) is 6.15. The minimum Gasteiger partial charge on any atom is -0.497 e. The van der Waals surface area contributed by atoms with Crippen LogP contribution in [0.2, 0.25) is 0 Å². The number of carbonyl (C=O) groups excluding carboxylic acids is 2. The van der Waals surface area contributed by atoms with Crippen LogP contribution in [0.25, 0.3) is 0 Å². The Morgan fingerprint density at radius 1 is 1.18 bits per heavy atom. The molecule has 2 aromatic rings. The van der Waals surface area contributed by atoms with Crippen LogP contribution in [-0.2, 0) is 9.59 Å². The first-order valence-corrected chi connectivity index (χ1v) is 10.4. The van der Waals surface area contributed by atoms with Gasteiger partial charge in [-0.1, -0.05) is 42.7 Å². The van der Waals surface area contributed by atoms with Crippen LogP contribution < -0.4 is 15.4 Å². The molecule has 0 bridgehead atoms. The van der Waals surface area contributed by atoms with Gasteiger partial charge in [0.05, 0.1) is 19.6 Å². The number of ether oxygens (including phenoxy) is 1. The molecule has 1 saturated carbocycles. The van der Waals surface area contributed by atoms with Gasteiger partial charge in [0.2, 0.25) is 16.9 Å². The van der Waals surface area contributed by atoms with Crippen molar-refractivity contribution in [1.82, 2.24) is 15.5 Å². The van der Waals surface area contributed by atoms with Crippen LogP contribution in [-0.4, -0.2) is 29.1 Å². The van der Waals surface area contributed by atoms with Gasteiger partial charge in [0.15, 0.2) is 0 Å². The lowest BCUT2D eigenvalue weighted by Gasteiger charge is -2.18. The van der Waals surface area contributed by atoms with Gasteiger partial charge in [-0.15, -0.1) is 10.2 Å². The first kappa shape index (κ1) is 20.3. The molecule has 1 atom stereocenters. The van der Waals surface area contributed by atoms with Crippen LogP contribution in [0.15, 0.2) is 24.3 Å². The second-order valence-electron chi connectivity index (χ2n) is 7.06. The highest BCUT2D eigenvalue weighted by molar-refractivity contribution is 7.15. The third-order valence-electron chi connectivity index (χ3n) is 4.93. The lowest BCUT2D eigenvalue weighted by Crippen LogP contribution is -2.29. The predicted octanol–water partition coefficient (Wildman–Crippen LogP) is 3.80. The standard InChI is InChI=1S/C20H26N4O3S/c1-13(25)21-17(14-8-10-16(27-2)11-9-14)12-18(26)22-20-24-23-19(28-20)15-6-4-3-5-7-15/h8-11,15,17H,3-7,12H2,1-2H3,(H,21,25)(H,22,24,26)/t17-/m1/s1. The summed E-state index contributed by atoms with van der Waals surface area (Å²) in [6, 6.07) is 6.89. The van der Waals surface area contributed by atoms with Crippen molar-refractivity contribution in [3.05, 3.63) is 34.8 Å². The van der Waals surface area contributed by atoms with E-state index in [1.807, 2.05) is 24.3 Å². The van der Waals surface area contributed by atoms with E-state index in [1.165, 1.54) is 37.5 Å². The zero-order valence-electron chi connectivity index (χ0n) is 16.2. The number of anilines is 1. The Bertz CT molecular complexity index is 800. The quantitative estimate of drug-likeness (QED) is 0.735. The van der Waals surface area contributed by atoms with Crippen molar-refractivity contribution in [1.29, 1.82) is 0 Å². The molecule has 7 nitrogen and oxygen atoms in total. The Balaban J connectivity index is 1.63. The van der Waals surface area contributed by atoms with Gasteiger partial charge in [0.25, 0.3) is 0 Å². The molecule has 0 radical (unpaired) electrons. The summed E-state index contributed by atoms with van der Waals surface area (Å²) in [5.74, 6) is 0.784. The number of nitrogens with zero attached hydrogens (tertiary/aromatic N) is 2. The van der Waals surface area contributed by atoms with E-state index in [-0.39, 0.29) is 18.2 Å². The van der Waals surface area contributed by atoms with Gasteiger partial charge in [-0.3, -0.25) is 9.59 Å². The summed E-state index contributed by atoms with van der Waals surface area (Å²) in [5, 5.41) is 15.6. The molecular weight excluding hydrogens is 376 g/mol. The van der Waals surface area contributed by atoms with Crippen LogP contribution in [0.3, 0.4) is 0 Å². The average molecular weight is 403 g/mol. The number of hydrogen-bond donors (Lipinski definition) is 2. The van der Waals surface area contributed by atoms with Crippen molar-refractivity contribution in [2.45, 2.75) is 57.4 Å². The maximum atomic E-state index is 12.5. The number of amides is 2. The summed E-state index contributed by atoms with van der Waals surface area (Å²) in [4.78, 5) is 24.1. The molecule has 0 saturated heterocycles. The smallest absolute Gasteiger partial charge is 0.228 e. The molecule has 1 aliphatic rings. The molecule has 1 aromatic carbocycles. The van der Waals surface area contributed by atoms with Crippen LogP contribution in [0.1, 0.15) is 68.0 Å². The zero-order chi connectivity index (χ0) is 19.9. The second kappa shape index (κ2) is 9.64. The molecule has 1 heterocycles. The fourth-order valence-electron chi connectivity index (χ4n) is 3.49. The summed E-state index contributed by atoms with van der Waals surface area (Å²) in [5.41, 5.74) is 0.839. The normalized spacial score (nSPS) is 15.6. The van der Waals surface area contributed by atoms with Crippen molar-refractivity contribution in [2.75, 3.05) is 12.4 Å². The van der Waals surface area contributed by atoms with Crippen LogP contribution in [0, 0.1) is 0 Å². The SMILES string of the molecule is COc1ccc([C@@H](CC(=O)Nc2nnc(C3CCCCC3)s2)NC(C)=O)cc1. The van der Waals surface area contributed by atoms with Crippen molar-refractivity contribution < 1.29 is 14.3 Å². The van der Waals surface area contributed by atoms with Gasteiger partial charge in [-0.25, -0.2) is 0 Å². The molecule has 1 fully saturated rings. The highest BCUT2D eigenvalue weighted by atomic mass is 32.1.